The van der Waals surface area contributed by atoms with Gasteiger partial charge in [-0.25, -0.2) is 0 Å². The Morgan fingerprint density at radius 3 is 2.80 bits per heavy atom. The maximum atomic E-state index is 12.2. The Morgan fingerprint density at radius 1 is 1.25 bits per heavy atom. The number of amides is 1. The van der Waals surface area contributed by atoms with Gasteiger partial charge in [0.05, 0.1) is 6.61 Å². The lowest BCUT2D eigenvalue weighted by Gasteiger charge is -2.10. The number of hydrogen-bond donors (Lipinski definition) is 1. The maximum absolute atomic E-state index is 12.2. The van der Waals surface area contributed by atoms with Crippen LogP contribution in [0, 0.1) is 6.92 Å². The largest absolute Gasteiger partial charge is 0.380 e. The molecule has 0 spiro atoms. The van der Waals surface area contributed by atoms with Crippen LogP contribution in [0.3, 0.4) is 0 Å². The number of benzene rings is 1. The highest BCUT2D eigenvalue weighted by Gasteiger charge is 2.10. The molecule has 0 aliphatic heterocycles. The second-order valence-corrected chi connectivity index (χ2v) is 4.57. The zero-order chi connectivity index (χ0) is 14.4. The minimum atomic E-state index is -0.0890. The van der Waals surface area contributed by atoms with Crippen molar-refractivity contribution >= 4 is 5.91 Å². The van der Waals surface area contributed by atoms with E-state index in [1.165, 1.54) is 0 Å². The van der Waals surface area contributed by atoms with Crippen molar-refractivity contribution in [2.75, 3.05) is 7.11 Å². The molecule has 0 aliphatic rings. The average molecular weight is 270 g/mol. The predicted octanol–water partition coefficient (Wildman–Crippen LogP) is 2.47. The minimum Gasteiger partial charge on any atom is -0.380 e. The fraction of sp³-hybridized carbons (Fsp3) is 0.250. The number of aromatic nitrogens is 1. The summed E-state index contributed by atoms with van der Waals surface area (Å²) in [4.78, 5) is 16.3. The van der Waals surface area contributed by atoms with E-state index in [9.17, 15) is 4.79 Å². The number of rotatable bonds is 5. The Labute approximate surface area is 118 Å². The average Bonchev–Trinajstić information content (AvgIpc) is 2.47. The smallest absolute Gasteiger partial charge is 0.251 e. The highest BCUT2D eigenvalue weighted by atomic mass is 16.5. The fourth-order valence-corrected chi connectivity index (χ4v) is 1.99. The number of nitrogens with one attached hydrogen (secondary N) is 1. The number of aryl methyl sites for hydroxylation is 1. The van der Waals surface area contributed by atoms with Crippen LogP contribution in [0.1, 0.15) is 27.0 Å². The van der Waals surface area contributed by atoms with E-state index in [4.69, 9.17) is 4.74 Å². The lowest BCUT2D eigenvalue weighted by atomic mass is 10.1. The predicted molar refractivity (Wildman–Crippen MR) is 77.3 cm³/mol. The molecule has 104 valence electrons. The van der Waals surface area contributed by atoms with Crippen molar-refractivity contribution in [3.05, 3.63) is 65.0 Å². The molecule has 20 heavy (non-hydrogen) atoms. The molecule has 1 amide bonds. The molecule has 0 atom stereocenters. The van der Waals surface area contributed by atoms with Gasteiger partial charge >= 0.3 is 0 Å². The molecule has 0 radical (unpaired) electrons. The molecule has 4 nitrogen and oxygen atoms in total. The standard InChI is InChI=1S/C16H18N2O2/c1-12-9-17-8-7-13(12)10-18-16(19)15-6-4-3-5-14(15)11-20-2/h3-9H,10-11H2,1-2H3,(H,18,19). The van der Waals surface area contributed by atoms with Crippen LogP contribution in [-0.4, -0.2) is 18.0 Å². The van der Waals surface area contributed by atoms with Gasteiger partial charge in [-0.1, -0.05) is 18.2 Å². The highest BCUT2D eigenvalue weighted by Crippen LogP contribution is 2.11. The van der Waals surface area contributed by atoms with Gasteiger partial charge in [-0.3, -0.25) is 9.78 Å². The van der Waals surface area contributed by atoms with Crippen LogP contribution in [0.25, 0.3) is 0 Å². The third-order valence-electron chi connectivity index (χ3n) is 3.14. The summed E-state index contributed by atoms with van der Waals surface area (Å²) in [5.41, 5.74) is 3.68. The van der Waals surface area contributed by atoms with Crippen molar-refractivity contribution in [1.29, 1.82) is 0 Å². The van der Waals surface area contributed by atoms with Gasteiger partial charge in [0.2, 0.25) is 0 Å². The van der Waals surface area contributed by atoms with Gasteiger partial charge in [-0.15, -0.1) is 0 Å². The fourth-order valence-electron chi connectivity index (χ4n) is 1.99. The van der Waals surface area contributed by atoms with Crippen molar-refractivity contribution in [1.82, 2.24) is 10.3 Å². The van der Waals surface area contributed by atoms with E-state index in [-0.39, 0.29) is 5.91 Å². The van der Waals surface area contributed by atoms with Crippen LogP contribution < -0.4 is 5.32 Å². The molecule has 1 aromatic heterocycles. The first-order valence-corrected chi connectivity index (χ1v) is 6.47. The number of methoxy groups -OCH3 is 1. The second-order valence-electron chi connectivity index (χ2n) is 4.57. The molecule has 0 saturated heterocycles. The molecule has 1 N–H and O–H groups in total. The van der Waals surface area contributed by atoms with Gasteiger partial charge in [0.1, 0.15) is 0 Å². The molecule has 0 bridgehead atoms. The summed E-state index contributed by atoms with van der Waals surface area (Å²) in [6.07, 6.45) is 3.52. The second kappa shape index (κ2) is 6.82. The van der Waals surface area contributed by atoms with E-state index in [0.29, 0.717) is 18.7 Å². The van der Waals surface area contributed by atoms with Crippen LogP contribution >= 0.6 is 0 Å². The molecule has 0 unspecified atom stereocenters. The van der Waals surface area contributed by atoms with Crippen LogP contribution in [0.4, 0.5) is 0 Å². The van der Waals surface area contributed by atoms with Crippen molar-refractivity contribution < 1.29 is 9.53 Å². The van der Waals surface area contributed by atoms with Crippen molar-refractivity contribution in [2.24, 2.45) is 0 Å². The van der Waals surface area contributed by atoms with Crippen molar-refractivity contribution in [3.63, 3.8) is 0 Å². The van der Waals surface area contributed by atoms with Crippen molar-refractivity contribution in [2.45, 2.75) is 20.1 Å². The number of carbonyl (C=O) groups excluding carboxylic acids is 1. The SMILES string of the molecule is COCc1ccccc1C(=O)NCc1ccncc1C. The third-order valence-corrected chi connectivity index (χ3v) is 3.14. The Balaban J connectivity index is 2.07. The zero-order valence-electron chi connectivity index (χ0n) is 11.7. The van der Waals surface area contributed by atoms with Crippen molar-refractivity contribution in [3.8, 4) is 0 Å². The topological polar surface area (TPSA) is 51.2 Å². The first-order valence-electron chi connectivity index (χ1n) is 6.47. The Hall–Kier alpha value is -2.20. The van der Waals surface area contributed by atoms with Gasteiger partial charge < -0.3 is 10.1 Å². The number of hydrogen-bond acceptors (Lipinski definition) is 3. The van der Waals surface area contributed by atoms with E-state index in [1.807, 2.05) is 37.3 Å². The molecule has 0 aliphatic carbocycles. The van der Waals surface area contributed by atoms with Gasteiger partial charge in [0.25, 0.3) is 5.91 Å². The summed E-state index contributed by atoms with van der Waals surface area (Å²) in [5, 5.41) is 2.93. The lowest BCUT2D eigenvalue weighted by Crippen LogP contribution is -2.24. The maximum Gasteiger partial charge on any atom is 0.251 e. The molecule has 0 saturated carbocycles. The van der Waals surface area contributed by atoms with E-state index in [1.54, 1.807) is 19.5 Å². The number of pyridine rings is 1. The monoisotopic (exact) mass is 270 g/mol. The first-order chi connectivity index (χ1) is 9.72. The van der Waals surface area contributed by atoms with Gasteiger partial charge in [0, 0.05) is 31.6 Å². The summed E-state index contributed by atoms with van der Waals surface area (Å²) in [6.45, 7) is 2.90. The summed E-state index contributed by atoms with van der Waals surface area (Å²) >= 11 is 0. The Kier molecular flexibility index (Phi) is 4.85. The molecule has 2 aromatic rings. The number of carbonyl (C=O) groups is 1. The van der Waals surface area contributed by atoms with E-state index in [2.05, 4.69) is 10.3 Å². The van der Waals surface area contributed by atoms with E-state index in [0.717, 1.165) is 16.7 Å². The Bertz CT molecular complexity index is 597. The van der Waals surface area contributed by atoms with Crippen LogP contribution in [0.5, 0.6) is 0 Å². The summed E-state index contributed by atoms with van der Waals surface area (Å²) in [6, 6.07) is 9.37. The zero-order valence-corrected chi connectivity index (χ0v) is 11.7. The molecule has 1 heterocycles. The molecule has 2 rings (SSSR count). The van der Waals surface area contributed by atoms with Crippen LogP contribution in [-0.2, 0) is 17.9 Å². The van der Waals surface area contributed by atoms with Crippen LogP contribution in [0.15, 0.2) is 42.7 Å². The van der Waals surface area contributed by atoms with Gasteiger partial charge in [0.15, 0.2) is 0 Å². The molecule has 4 heteroatoms. The summed E-state index contributed by atoms with van der Waals surface area (Å²) in [5.74, 6) is -0.0890. The van der Waals surface area contributed by atoms with Crippen LogP contribution in [0.2, 0.25) is 0 Å². The summed E-state index contributed by atoms with van der Waals surface area (Å²) < 4.78 is 5.11. The number of nitrogens with zero attached hydrogens (tertiary/aromatic N) is 1. The third kappa shape index (κ3) is 3.42. The van der Waals surface area contributed by atoms with E-state index >= 15 is 0 Å². The first kappa shape index (κ1) is 14.2. The van der Waals surface area contributed by atoms with Gasteiger partial charge in [-0.05, 0) is 35.7 Å². The summed E-state index contributed by atoms with van der Waals surface area (Å²) in [7, 11) is 1.62. The molecule has 1 aromatic carbocycles. The van der Waals surface area contributed by atoms with Gasteiger partial charge in [-0.2, -0.15) is 0 Å². The van der Waals surface area contributed by atoms with E-state index < -0.39 is 0 Å². The molecule has 0 fully saturated rings. The quantitative estimate of drug-likeness (QED) is 0.908. The number of ether oxygens (including phenoxy) is 1. The normalized spacial score (nSPS) is 10.3. The lowest BCUT2D eigenvalue weighted by molar-refractivity contribution is 0.0946. The highest BCUT2D eigenvalue weighted by molar-refractivity contribution is 5.95. The molecular weight excluding hydrogens is 252 g/mol. The molecular formula is C16H18N2O2. The minimum absolute atomic E-state index is 0.0890. The Morgan fingerprint density at radius 2 is 2.05 bits per heavy atom.